The van der Waals surface area contributed by atoms with E-state index in [1.165, 1.54) is 6.42 Å². The van der Waals surface area contributed by atoms with Gasteiger partial charge in [0.25, 0.3) is 0 Å². The van der Waals surface area contributed by atoms with Crippen LogP contribution in [0, 0.1) is 6.92 Å². The number of methoxy groups -OCH3 is 1. The van der Waals surface area contributed by atoms with Gasteiger partial charge in [-0.25, -0.2) is 0 Å². The van der Waals surface area contributed by atoms with E-state index in [-0.39, 0.29) is 6.29 Å². The predicted octanol–water partition coefficient (Wildman–Crippen LogP) is 2.91. The average molecular weight is 222 g/mol. The molecule has 1 atom stereocenters. The lowest BCUT2D eigenvalue weighted by Gasteiger charge is -2.23. The first-order valence-corrected chi connectivity index (χ1v) is 5.72. The molecule has 0 unspecified atom stereocenters. The van der Waals surface area contributed by atoms with Gasteiger partial charge < -0.3 is 14.2 Å². The number of rotatable bonds is 3. The van der Waals surface area contributed by atoms with Gasteiger partial charge in [0.2, 0.25) is 0 Å². The number of hydrogen-bond donors (Lipinski definition) is 0. The van der Waals surface area contributed by atoms with Crippen molar-refractivity contribution >= 4 is 0 Å². The Morgan fingerprint density at radius 3 is 2.69 bits per heavy atom. The maximum atomic E-state index is 5.78. The smallest absolute Gasteiger partial charge is 0.199 e. The Labute approximate surface area is 96.3 Å². The zero-order valence-corrected chi connectivity index (χ0v) is 9.86. The molecule has 3 heteroatoms. The fraction of sp³-hybridized carbons (Fsp3) is 0.538. The zero-order chi connectivity index (χ0) is 11.4. The predicted molar refractivity (Wildman–Crippen MR) is 62.0 cm³/mol. The Kier molecular flexibility index (Phi) is 3.67. The SMILES string of the molecule is COc1cc(C)cc(O[C@@H]2CCCCO2)c1. The van der Waals surface area contributed by atoms with Crippen molar-refractivity contribution in [2.45, 2.75) is 32.5 Å². The molecule has 1 heterocycles. The fourth-order valence-electron chi connectivity index (χ4n) is 1.86. The van der Waals surface area contributed by atoms with E-state index in [0.29, 0.717) is 0 Å². The molecule has 0 spiro atoms. The second-order valence-electron chi connectivity index (χ2n) is 4.10. The van der Waals surface area contributed by atoms with Crippen molar-refractivity contribution in [1.29, 1.82) is 0 Å². The summed E-state index contributed by atoms with van der Waals surface area (Å²) in [5, 5.41) is 0. The standard InChI is InChI=1S/C13H18O3/c1-10-7-11(14-2)9-12(8-10)16-13-5-3-4-6-15-13/h7-9,13H,3-6H2,1-2H3/t13-/m1/s1. The van der Waals surface area contributed by atoms with Crippen molar-refractivity contribution in [2.75, 3.05) is 13.7 Å². The largest absolute Gasteiger partial charge is 0.497 e. The molecule has 1 aliphatic heterocycles. The van der Waals surface area contributed by atoms with Crippen molar-refractivity contribution in [2.24, 2.45) is 0 Å². The van der Waals surface area contributed by atoms with E-state index in [4.69, 9.17) is 14.2 Å². The van der Waals surface area contributed by atoms with Crippen LogP contribution in [0.4, 0.5) is 0 Å². The molecule has 0 radical (unpaired) electrons. The average Bonchev–Trinajstić information content (AvgIpc) is 2.29. The molecule has 2 rings (SSSR count). The Morgan fingerprint density at radius 2 is 2.00 bits per heavy atom. The van der Waals surface area contributed by atoms with Crippen LogP contribution >= 0.6 is 0 Å². The number of hydrogen-bond acceptors (Lipinski definition) is 3. The molecule has 1 fully saturated rings. The third-order valence-electron chi connectivity index (χ3n) is 2.67. The van der Waals surface area contributed by atoms with Crippen molar-refractivity contribution in [3.8, 4) is 11.5 Å². The van der Waals surface area contributed by atoms with E-state index in [1.54, 1.807) is 7.11 Å². The highest BCUT2D eigenvalue weighted by atomic mass is 16.7. The minimum Gasteiger partial charge on any atom is -0.497 e. The molecule has 3 nitrogen and oxygen atoms in total. The van der Waals surface area contributed by atoms with Gasteiger partial charge in [-0.2, -0.15) is 0 Å². The lowest BCUT2D eigenvalue weighted by Crippen LogP contribution is -2.24. The summed E-state index contributed by atoms with van der Waals surface area (Å²) in [5.41, 5.74) is 1.13. The van der Waals surface area contributed by atoms with Crippen LogP contribution in [0.15, 0.2) is 18.2 Å². The molecule has 0 saturated carbocycles. The van der Waals surface area contributed by atoms with Gasteiger partial charge in [-0.05, 0) is 37.5 Å². The van der Waals surface area contributed by atoms with E-state index in [2.05, 4.69) is 0 Å². The summed E-state index contributed by atoms with van der Waals surface area (Å²) < 4.78 is 16.5. The number of aryl methyl sites for hydroxylation is 1. The van der Waals surface area contributed by atoms with E-state index >= 15 is 0 Å². The first-order valence-electron chi connectivity index (χ1n) is 5.72. The van der Waals surface area contributed by atoms with Crippen LogP contribution in [-0.4, -0.2) is 20.0 Å². The maximum Gasteiger partial charge on any atom is 0.199 e. The van der Waals surface area contributed by atoms with E-state index in [9.17, 15) is 0 Å². The molecule has 1 aliphatic rings. The second-order valence-corrected chi connectivity index (χ2v) is 4.10. The van der Waals surface area contributed by atoms with Crippen LogP contribution in [0.3, 0.4) is 0 Å². The second kappa shape index (κ2) is 5.21. The maximum absolute atomic E-state index is 5.78. The molecule has 16 heavy (non-hydrogen) atoms. The highest BCUT2D eigenvalue weighted by Crippen LogP contribution is 2.25. The monoisotopic (exact) mass is 222 g/mol. The van der Waals surface area contributed by atoms with Crippen LogP contribution in [0.25, 0.3) is 0 Å². The summed E-state index contributed by atoms with van der Waals surface area (Å²) in [5.74, 6) is 1.65. The van der Waals surface area contributed by atoms with Gasteiger partial charge in [0.05, 0.1) is 13.7 Å². The molecule has 0 aliphatic carbocycles. The molecule has 0 amide bonds. The van der Waals surface area contributed by atoms with E-state index in [1.807, 2.05) is 25.1 Å². The summed E-state index contributed by atoms with van der Waals surface area (Å²) in [7, 11) is 1.66. The number of ether oxygens (including phenoxy) is 3. The van der Waals surface area contributed by atoms with Crippen LogP contribution in [-0.2, 0) is 4.74 Å². The van der Waals surface area contributed by atoms with Crippen LogP contribution in [0.2, 0.25) is 0 Å². The van der Waals surface area contributed by atoms with Crippen LogP contribution in [0.1, 0.15) is 24.8 Å². The highest BCUT2D eigenvalue weighted by molar-refractivity contribution is 5.37. The molecular weight excluding hydrogens is 204 g/mol. The van der Waals surface area contributed by atoms with E-state index in [0.717, 1.165) is 36.5 Å². The van der Waals surface area contributed by atoms with Gasteiger partial charge in [-0.15, -0.1) is 0 Å². The Balaban J connectivity index is 2.04. The fourth-order valence-corrected chi connectivity index (χ4v) is 1.86. The normalized spacial score (nSPS) is 20.5. The third kappa shape index (κ3) is 2.89. The summed E-state index contributed by atoms with van der Waals surface area (Å²) in [6, 6.07) is 5.88. The van der Waals surface area contributed by atoms with E-state index < -0.39 is 0 Å². The van der Waals surface area contributed by atoms with Gasteiger partial charge in [0, 0.05) is 12.5 Å². The topological polar surface area (TPSA) is 27.7 Å². The van der Waals surface area contributed by atoms with Crippen molar-refractivity contribution in [1.82, 2.24) is 0 Å². The summed E-state index contributed by atoms with van der Waals surface area (Å²) >= 11 is 0. The van der Waals surface area contributed by atoms with Gasteiger partial charge in [0.15, 0.2) is 6.29 Å². The molecular formula is C13H18O3. The Bertz CT molecular complexity index is 343. The molecule has 1 aromatic rings. The lowest BCUT2D eigenvalue weighted by molar-refractivity contribution is -0.105. The Morgan fingerprint density at radius 1 is 1.19 bits per heavy atom. The van der Waals surface area contributed by atoms with Gasteiger partial charge in [-0.3, -0.25) is 0 Å². The first kappa shape index (κ1) is 11.3. The first-order chi connectivity index (χ1) is 7.78. The Hall–Kier alpha value is -1.22. The molecule has 0 bridgehead atoms. The highest BCUT2D eigenvalue weighted by Gasteiger charge is 2.15. The van der Waals surface area contributed by atoms with Crippen molar-refractivity contribution in [3.63, 3.8) is 0 Å². The van der Waals surface area contributed by atoms with Gasteiger partial charge in [-0.1, -0.05) is 0 Å². The summed E-state index contributed by atoms with van der Waals surface area (Å²) in [6.07, 6.45) is 3.18. The molecule has 0 aromatic heterocycles. The minimum absolute atomic E-state index is 0.0970. The molecule has 1 saturated heterocycles. The van der Waals surface area contributed by atoms with Crippen molar-refractivity contribution in [3.05, 3.63) is 23.8 Å². The lowest BCUT2D eigenvalue weighted by atomic mass is 10.2. The minimum atomic E-state index is -0.0970. The van der Waals surface area contributed by atoms with Gasteiger partial charge in [0.1, 0.15) is 11.5 Å². The van der Waals surface area contributed by atoms with Crippen molar-refractivity contribution < 1.29 is 14.2 Å². The van der Waals surface area contributed by atoms with Crippen LogP contribution in [0.5, 0.6) is 11.5 Å². The van der Waals surface area contributed by atoms with Crippen LogP contribution < -0.4 is 9.47 Å². The number of benzene rings is 1. The summed E-state index contributed by atoms with van der Waals surface area (Å²) in [6.45, 7) is 2.82. The van der Waals surface area contributed by atoms with Gasteiger partial charge >= 0.3 is 0 Å². The molecule has 1 aromatic carbocycles. The summed E-state index contributed by atoms with van der Waals surface area (Å²) in [4.78, 5) is 0. The molecule has 0 N–H and O–H groups in total. The molecule has 88 valence electrons. The quantitative estimate of drug-likeness (QED) is 0.787. The third-order valence-corrected chi connectivity index (χ3v) is 2.67. The zero-order valence-electron chi connectivity index (χ0n) is 9.86.